The largest absolute Gasteiger partial charge is 0.492 e. The number of rotatable bonds is 5. The van der Waals surface area contributed by atoms with Gasteiger partial charge in [0.2, 0.25) is 0 Å². The third-order valence-corrected chi connectivity index (χ3v) is 2.71. The Kier molecular flexibility index (Phi) is 4.50. The third kappa shape index (κ3) is 3.94. The second-order valence-electron chi connectivity index (χ2n) is 4.19. The predicted molar refractivity (Wildman–Crippen MR) is 65.9 cm³/mol. The summed E-state index contributed by atoms with van der Waals surface area (Å²) in [6.07, 6.45) is 1.26. The molecule has 0 heterocycles. The van der Waals surface area contributed by atoms with Gasteiger partial charge in [0.15, 0.2) is 6.29 Å². The molecule has 0 aromatic heterocycles. The summed E-state index contributed by atoms with van der Waals surface area (Å²) in [6, 6.07) is 5.28. The van der Waals surface area contributed by atoms with Gasteiger partial charge in [0.05, 0.1) is 22.2 Å². The molecule has 1 aromatic rings. The Hall–Kier alpha value is -0.870. The maximum atomic E-state index is 10.8. The first-order valence-electron chi connectivity index (χ1n) is 5.03. The molecule has 0 aliphatic carbocycles. The van der Waals surface area contributed by atoms with Crippen LogP contribution in [0.5, 0.6) is 5.75 Å². The van der Waals surface area contributed by atoms with E-state index in [0.29, 0.717) is 24.3 Å². The second-order valence-corrected chi connectivity index (χ2v) is 5.04. The highest BCUT2D eigenvalue weighted by molar-refractivity contribution is 9.10. The molecule has 1 rings (SSSR count). The number of aliphatic hydroxyl groups is 1. The topological polar surface area (TPSA) is 46.5 Å². The first-order chi connectivity index (χ1) is 7.44. The van der Waals surface area contributed by atoms with Crippen LogP contribution in [-0.4, -0.2) is 23.6 Å². The van der Waals surface area contributed by atoms with Crippen molar-refractivity contribution in [3.63, 3.8) is 0 Å². The van der Waals surface area contributed by atoms with E-state index in [0.717, 1.165) is 10.8 Å². The Morgan fingerprint density at radius 2 is 2.19 bits per heavy atom. The summed E-state index contributed by atoms with van der Waals surface area (Å²) in [5.74, 6) is 0.529. The lowest BCUT2D eigenvalue weighted by Crippen LogP contribution is -2.22. The van der Waals surface area contributed by atoms with E-state index in [2.05, 4.69) is 15.9 Å². The first-order valence-corrected chi connectivity index (χ1v) is 5.82. The van der Waals surface area contributed by atoms with Crippen LogP contribution in [0.25, 0.3) is 0 Å². The minimum Gasteiger partial charge on any atom is -0.492 e. The van der Waals surface area contributed by atoms with Gasteiger partial charge in [-0.25, -0.2) is 0 Å². The highest BCUT2D eigenvalue weighted by Crippen LogP contribution is 2.28. The van der Waals surface area contributed by atoms with Gasteiger partial charge >= 0.3 is 0 Å². The summed E-state index contributed by atoms with van der Waals surface area (Å²) in [7, 11) is 0. The Morgan fingerprint density at radius 1 is 1.50 bits per heavy atom. The molecule has 0 atom stereocenters. The smallest absolute Gasteiger partial charge is 0.153 e. The molecule has 0 aliphatic rings. The Balaban J connectivity index is 2.70. The fourth-order valence-electron chi connectivity index (χ4n) is 1.17. The summed E-state index contributed by atoms with van der Waals surface area (Å²) >= 11 is 3.32. The molecular weight excluding hydrogens is 272 g/mol. The molecule has 4 heteroatoms. The first kappa shape index (κ1) is 13.2. The summed E-state index contributed by atoms with van der Waals surface area (Å²) in [6.45, 7) is 3.81. The van der Waals surface area contributed by atoms with Crippen LogP contribution in [0.2, 0.25) is 0 Å². The Bertz CT molecular complexity index is 369. The van der Waals surface area contributed by atoms with Gasteiger partial charge in [-0.05, 0) is 41.9 Å². The van der Waals surface area contributed by atoms with E-state index in [9.17, 15) is 9.90 Å². The molecule has 0 unspecified atom stereocenters. The molecule has 16 heavy (non-hydrogen) atoms. The fourth-order valence-corrected chi connectivity index (χ4v) is 1.67. The summed E-state index contributed by atoms with van der Waals surface area (Å²) in [5, 5.41) is 9.53. The van der Waals surface area contributed by atoms with E-state index in [4.69, 9.17) is 4.74 Å². The number of carbonyl (C=O) groups excluding carboxylic acids is 1. The van der Waals surface area contributed by atoms with Gasteiger partial charge in [-0.1, -0.05) is 6.07 Å². The minimum atomic E-state index is -0.761. The minimum absolute atomic E-state index is 0.368. The van der Waals surface area contributed by atoms with Crippen molar-refractivity contribution in [3.05, 3.63) is 28.2 Å². The average molecular weight is 287 g/mol. The van der Waals surface area contributed by atoms with Crippen molar-refractivity contribution in [2.45, 2.75) is 25.9 Å². The molecule has 0 spiro atoms. The number of ether oxygens (including phenoxy) is 1. The number of hydrogen-bond acceptors (Lipinski definition) is 3. The zero-order valence-corrected chi connectivity index (χ0v) is 11.0. The lowest BCUT2D eigenvalue weighted by Gasteiger charge is -2.18. The lowest BCUT2D eigenvalue weighted by molar-refractivity contribution is 0.0551. The molecule has 0 amide bonds. The molecular formula is C12H15BrO3. The normalized spacial score (nSPS) is 11.2. The highest BCUT2D eigenvalue weighted by Gasteiger charge is 2.14. The number of hydrogen-bond donors (Lipinski definition) is 1. The molecule has 0 bridgehead atoms. The summed E-state index contributed by atoms with van der Waals surface area (Å²) < 4.78 is 6.24. The van der Waals surface area contributed by atoms with Crippen LogP contribution in [-0.2, 0) is 0 Å². The van der Waals surface area contributed by atoms with Crippen molar-refractivity contribution >= 4 is 22.2 Å². The van der Waals surface area contributed by atoms with E-state index in [-0.39, 0.29) is 0 Å². The van der Waals surface area contributed by atoms with Crippen molar-refractivity contribution < 1.29 is 14.6 Å². The molecule has 0 radical (unpaired) electrons. The Labute approximate surface area is 104 Å². The highest BCUT2D eigenvalue weighted by atomic mass is 79.9. The van der Waals surface area contributed by atoms with Crippen molar-refractivity contribution in [2.75, 3.05) is 6.61 Å². The summed E-state index contributed by atoms with van der Waals surface area (Å²) in [4.78, 5) is 10.8. The van der Waals surface area contributed by atoms with Crippen molar-refractivity contribution in [1.82, 2.24) is 0 Å². The van der Waals surface area contributed by atoms with Crippen LogP contribution in [0, 0.1) is 0 Å². The number of para-hydroxylation sites is 1. The molecule has 0 saturated carbocycles. The van der Waals surface area contributed by atoms with Crippen LogP contribution in [0.1, 0.15) is 30.6 Å². The van der Waals surface area contributed by atoms with Crippen molar-refractivity contribution in [2.24, 2.45) is 0 Å². The standard InChI is InChI=1S/C12H15BrO3/c1-12(2,15)6-7-16-11-9(8-14)4-3-5-10(11)13/h3-5,8,15H,6-7H2,1-2H3. The fraction of sp³-hybridized carbons (Fsp3) is 0.417. The van der Waals surface area contributed by atoms with E-state index < -0.39 is 5.60 Å². The third-order valence-electron chi connectivity index (χ3n) is 2.08. The second kappa shape index (κ2) is 5.46. The monoisotopic (exact) mass is 286 g/mol. The lowest BCUT2D eigenvalue weighted by atomic mass is 10.1. The zero-order valence-electron chi connectivity index (χ0n) is 9.37. The van der Waals surface area contributed by atoms with Gasteiger partial charge in [-0.3, -0.25) is 4.79 Å². The molecule has 3 nitrogen and oxygen atoms in total. The average Bonchev–Trinajstić information content (AvgIpc) is 2.18. The van der Waals surface area contributed by atoms with Crippen molar-refractivity contribution in [3.8, 4) is 5.75 Å². The molecule has 0 fully saturated rings. The number of aldehydes is 1. The predicted octanol–water partition coefficient (Wildman–Crippen LogP) is 2.80. The van der Waals surface area contributed by atoms with Gasteiger partial charge in [0.1, 0.15) is 5.75 Å². The molecule has 0 aliphatic heterocycles. The van der Waals surface area contributed by atoms with E-state index in [1.807, 2.05) is 6.07 Å². The van der Waals surface area contributed by atoms with Crippen LogP contribution in [0.4, 0.5) is 0 Å². The van der Waals surface area contributed by atoms with E-state index in [1.165, 1.54) is 0 Å². The maximum Gasteiger partial charge on any atom is 0.153 e. The van der Waals surface area contributed by atoms with Gasteiger partial charge in [-0.2, -0.15) is 0 Å². The van der Waals surface area contributed by atoms with E-state index >= 15 is 0 Å². The van der Waals surface area contributed by atoms with Crippen LogP contribution < -0.4 is 4.74 Å². The quantitative estimate of drug-likeness (QED) is 0.847. The molecule has 1 N–H and O–H groups in total. The summed E-state index contributed by atoms with van der Waals surface area (Å²) in [5.41, 5.74) is -0.257. The van der Waals surface area contributed by atoms with E-state index in [1.54, 1.807) is 26.0 Å². The van der Waals surface area contributed by atoms with Crippen LogP contribution >= 0.6 is 15.9 Å². The molecule has 0 saturated heterocycles. The van der Waals surface area contributed by atoms with Crippen LogP contribution in [0.3, 0.4) is 0 Å². The number of carbonyl (C=O) groups is 1. The SMILES string of the molecule is CC(C)(O)CCOc1c(Br)cccc1C=O. The van der Waals surface area contributed by atoms with Crippen LogP contribution in [0.15, 0.2) is 22.7 Å². The van der Waals surface area contributed by atoms with Gasteiger partial charge < -0.3 is 9.84 Å². The van der Waals surface area contributed by atoms with Gasteiger partial charge in [0.25, 0.3) is 0 Å². The number of halogens is 1. The van der Waals surface area contributed by atoms with Gasteiger partial charge in [0, 0.05) is 6.42 Å². The van der Waals surface area contributed by atoms with Gasteiger partial charge in [-0.15, -0.1) is 0 Å². The van der Waals surface area contributed by atoms with Crippen molar-refractivity contribution in [1.29, 1.82) is 0 Å². The Morgan fingerprint density at radius 3 is 2.75 bits per heavy atom. The zero-order chi connectivity index (χ0) is 12.2. The number of benzene rings is 1. The molecule has 88 valence electrons. The maximum absolute atomic E-state index is 10.8. The molecule has 1 aromatic carbocycles.